The Labute approximate surface area is 114 Å². The second kappa shape index (κ2) is 4.53. The normalized spacial score (nSPS) is 19.6. The van der Waals surface area contributed by atoms with Gasteiger partial charge in [0.05, 0.1) is 16.9 Å². The van der Waals surface area contributed by atoms with Crippen molar-refractivity contribution in [1.29, 1.82) is 0 Å². The van der Waals surface area contributed by atoms with Gasteiger partial charge in [-0.3, -0.25) is 9.36 Å². The molecule has 0 saturated carbocycles. The molecule has 1 unspecified atom stereocenters. The van der Waals surface area contributed by atoms with Crippen molar-refractivity contribution in [2.24, 2.45) is 0 Å². The largest absolute Gasteiger partial charge is 0.315 e. The SMILES string of the molecule is O=c1c2ccc(Cl)cc2nc(Cl)n1C1CCNC1. The molecule has 6 heteroatoms. The quantitative estimate of drug-likeness (QED) is 0.817. The van der Waals surface area contributed by atoms with Crippen LogP contribution in [0.25, 0.3) is 10.9 Å². The summed E-state index contributed by atoms with van der Waals surface area (Å²) in [5.74, 6) is 0. The van der Waals surface area contributed by atoms with Gasteiger partial charge in [-0.05, 0) is 42.8 Å². The summed E-state index contributed by atoms with van der Waals surface area (Å²) in [7, 11) is 0. The second-order valence-corrected chi connectivity index (χ2v) is 5.14. The van der Waals surface area contributed by atoms with E-state index < -0.39 is 0 Å². The average molecular weight is 284 g/mol. The molecule has 3 rings (SSSR count). The van der Waals surface area contributed by atoms with Gasteiger partial charge in [0.15, 0.2) is 0 Å². The van der Waals surface area contributed by atoms with E-state index in [9.17, 15) is 4.79 Å². The molecule has 94 valence electrons. The van der Waals surface area contributed by atoms with Crippen LogP contribution in [0.4, 0.5) is 0 Å². The summed E-state index contributed by atoms with van der Waals surface area (Å²) in [6.07, 6.45) is 0.889. The molecule has 1 aromatic carbocycles. The maximum atomic E-state index is 12.4. The zero-order valence-electron chi connectivity index (χ0n) is 9.49. The number of hydrogen-bond donors (Lipinski definition) is 1. The molecule has 18 heavy (non-hydrogen) atoms. The summed E-state index contributed by atoms with van der Waals surface area (Å²) < 4.78 is 1.57. The topological polar surface area (TPSA) is 46.9 Å². The summed E-state index contributed by atoms with van der Waals surface area (Å²) in [5, 5.41) is 4.54. The lowest BCUT2D eigenvalue weighted by Gasteiger charge is -2.15. The molecule has 1 aliphatic rings. The lowest BCUT2D eigenvalue weighted by molar-refractivity contribution is 0.526. The van der Waals surface area contributed by atoms with Crippen LogP contribution in [0.2, 0.25) is 10.3 Å². The van der Waals surface area contributed by atoms with Crippen LogP contribution >= 0.6 is 23.2 Å². The molecule has 1 fully saturated rings. The van der Waals surface area contributed by atoms with Crippen molar-refractivity contribution < 1.29 is 0 Å². The average Bonchev–Trinajstić information content (AvgIpc) is 2.82. The number of hydrogen-bond acceptors (Lipinski definition) is 3. The summed E-state index contributed by atoms with van der Waals surface area (Å²) in [6.45, 7) is 1.65. The molecular weight excluding hydrogens is 273 g/mol. The van der Waals surface area contributed by atoms with Crippen LogP contribution < -0.4 is 10.9 Å². The van der Waals surface area contributed by atoms with Gasteiger partial charge in [0.1, 0.15) is 0 Å². The predicted octanol–water partition coefficient (Wildman–Crippen LogP) is 2.24. The molecule has 0 bridgehead atoms. The number of aromatic nitrogens is 2. The van der Waals surface area contributed by atoms with Crippen molar-refractivity contribution in [1.82, 2.24) is 14.9 Å². The van der Waals surface area contributed by atoms with Gasteiger partial charge in [0.25, 0.3) is 5.56 Å². The highest BCUT2D eigenvalue weighted by atomic mass is 35.5. The van der Waals surface area contributed by atoms with E-state index in [4.69, 9.17) is 23.2 Å². The van der Waals surface area contributed by atoms with Crippen molar-refractivity contribution in [2.75, 3.05) is 13.1 Å². The maximum Gasteiger partial charge on any atom is 0.262 e. The fourth-order valence-electron chi connectivity index (χ4n) is 2.32. The van der Waals surface area contributed by atoms with E-state index in [-0.39, 0.29) is 16.9 Å². The predicted molar refractivity (Wildman–Crippen MR) is 72.5 cm³/mol. The number of benzene rings is 1. The molecule has 0 amide bonds. The van der Waals surface area contributed by atoms with Crippen LogP contribution in [0.15, 0.2) is 23.0 Å². The third-order valence-corrected chi connectivity index (χ3v) is 3.72. The van der Waals surface area contributed by atoms with Crippen LogP contribution in [0.5, 0.6) is 0 Å². The Morgan fingerprint density at radius 1 is 1.39 bits per heavy atom. The molecule has 0 radical (unpaired) electrons. The molecule has 0 aliphatic carbocycles. The van der Waals surface area contributed by atoms with Gasteiger partial charge >= 0.3 is 0 Å². The number of fused-ring (bicyclic) bond motifs is 1. The summed E-state index contributed by atoms with van der Waals surface area (Å²) >= 11 is 12.0. The second-order valence-electron chi connectivity index (χ2n) is 4.36. The molecule has 1 aliphatic heterocycles. The van der Waals surface area contributed by atoms with Crippen molar-refractivity contribution in [3.8, 4) is 0 Å². The van der Waals surface area contributed by atoms with E-state index >= 15 is 0 Å². The zero-order valence-corrected chi connectivity index (χ0v) is 11.0. The molecule has 1 atom stereocenters. The van der Waals surface area contributed by atoms with Gasteiger partial charge in [-0.1, -0.05) is 11.6 Å². The zero-order chi connectivity index (χ0) is 12.7. The highest BCUT2D eigenvalue weighted by molar-refractivity contribution is 6.31. The summed E-state index contributed by atoms with van der Waals surface area (Å²) in [6, 6.07) is 5.12. The van der Waals surface area contributed by atoms with Gasteiger partial charge in [-0.15, -0.1) is 0 Å². The van der Waals surface area contributed by atoms with Gasteiger partial charge in [0.2, 0.25) is 5.28 Å². The van der Waals surface area contributed by atoms with E-state index in [0.29, 0.717) is 15.9 Å². The number of rotatable bonds is 1. The Morgan fingerprint density at radius 2 is 2.22 bits per heavy atom. The Hall–Kier alpha value is -1.10. The highest BCUT2D eigenvalue weighted by Gasteiger charge is 2.21. The summed E-state index contributed by atoms with van der Waals surface area (Å²) in [5.41, 5.74) is 0.440. The van der Waals surface area contributed by atoms with E-state index in [1.807, 2.05) is 0 Å². The number of halogens is 2. The Morgan fingerprint density at radius 3 is 2.94 bits per heavy atom. The molecular formula is C12H11Cl2N3O. The van der Waals surface area contributed by atoms with Crippen molar-refractivity contribution in [3.05, 3.63) is 38.9 Å². The van der Waals surface area contributed by atoms with E-state index in [0.717, 1.165) is 19.5 Å². The third kappa shape index (κ3) is 1.90. The monoisotopic (exact) mass is 283 g/mol. The third-order valence-electron chi connectivity index (χ3n) is 3.22. The lowest BCUT2D eigenvalue weighted by atomic mass is 10.2. The number of nitrogens with zero attached hydrogens (tertiary/aromatic N) is 2. The fourth-order valence-corrected chi connectivity index (χ4v) is 2.79. The first-order chi connectivity index (χ1) is 8.66. The number of nitrogens with one attached hydrogen (secondary N) is 1. The first-order valence-corrected chi connectivity index (χ1v) is 6.50. The van der Waals surface area contributed by atoms with Crippen LogP contribution in [0.1, 0.15) is 12.5 Å². The van der Waals surface area contributed by atoms with Gasteiger partial charge < -0.3 is 5.32 Å². The smallest absolute Gasteiger partial charge is 0.262 e. The summed E-state index contributed by atoms with van der Waals surface area (Å²) in [4.78, 5) is 16.7. The van der Waals surface area contributed by atoms with E-state index in [2.05, 4.69) is 10.3 Å². The molecule has 1 N–H and O–H groups in total. The highest BCUT2D eigenvalue weighted by Crippen LogP contribution is 2.21. The minimum atomic E-state index is -0.102. The molecule has 2 heterocycles. The van der Waals surface area contributed by atoms with Crippen molar-refractivity contribution >= 4 is 34.1 Å². The van der Waals surface area contributed by atoms with Gasteiger partial charge in [0, 0.05) is 11.6 Å². The minimum absolute atomic E-state index is 0.0811. The van der Waals surface area contributed by atoms with Crippen molar-refractivity contribution in [3.63, 3.8) is 0 Å². The van der Waals surface area contributed by atoms with E-state index in [1.165, 1.54) is 0 Å². The van der Waals surface area contributed by atoms with E-state index in [1.54, 1.807) is 22.8 Å². The molecule has 1 aromatic heterocycles. The Balaban J connectivity index is 2.26. The van der Waals surface area contributed by atoms with Crippen LogP contribution in [-0.2, 0) is 0 Å². The lowest BCUT2D eigenvalue weighted by Crippen LogP contribution is -2.27. The molecule has 2 aromatic rings. The maximum absolute atomic E-state index is 12.4. The van der Waals surface area contributed by atoms with Crippen LogP contribution in [-0.4, -0.2) is 22.6 Å². The van der Waals surface area contributed by atoms with Crippen LogP contribution in [0.3, 0.4) is 0 Å². The standard InChI is InChI=1S/C12H11Cl2N3O/c13-7-1-2-9-10(5-7)16-12(14)17(11(9)18)8-3-4-15-6-8/h1-2,5,8,15H,3-4,6H2. The van der Waals surface area contributed by atoms with Gasteiger partial charge in [-0.25, -0.2) is 4.98 Å². The van der Waals surface area contributed by atoms with Crippen LogP contribution in [0, 0.1) is 0 Å². The molecule has 0 spiro atoms. The molecule has 1 saturated heterocycles. The fraction of sp³-hybridized carbons (Fsp3) is 0.333. The van der Waals surface area contributed by atoms with Crippen molar-refractivity contribution in [2.45, 2.75) is 12.5 Å². The minimum Gasteiger partial charge on any atom is -0.315 e. The molecule has 4 nitrogen and oxygen atoms in total. The first-order valence-electron chi connectivity index (χ1n) is 5.75. The van der Waals surface area contributed by atoms with Gasteiger partial charge in [-0.2, -0.15) is 0 Å². The first kappa shape index (κ1) is 12.0. The Kier molecular flexibility index (Phi) is 3.01. The Bertz CT molecular complexity index is 662.